The molecule has 8 heteroatoms. The Kier molecular flexibility index (Phi) is 4.12. The highest BCUT2D eigenvalue weighted by Gasteiger charge is 2.71. The van der Waals surface area contributed by atoms with Crippen molar-refractivity contribution in [1.29, 1.82) is 0 Å². The molecule has 28 heavy (non-hydrogen) atoms. The molecule has 0 saturated carbocycles. The van der Waals surface area contributed by atoms with Crippen molar-refractivity contribution in [1.82, 2.24) is 0 Å². The fourth-order valence-corrected chi connectivity index (χ4v) is 4.76. The van der Waals surface area contributed by atoms with E-state index in [1.54, 1.807) is 38.1 Å². The highest BCUT2D eigenvalue weighted by Crippen LogP contribution is 2.58. The molecule has 5 rings (SSSR count). The van der Waals surface area contributed by atoms with E-state index in [1.807, 2.05) is 0 Å². The minimum atomic E-state index is -1.58. The van der Waals surface area contributed by atoms with Crippen molar-refractivity contribution in [3.8, 4) is 0 Å². The number of rotatable bonds is 3. The SMILES string of the molecule is CCOC(=O)C1=C(C)[C@H]2OC(=O)[C@@]1(C)[C@H]1C(=O)N(c3ccc(Cl)cc3)C(=O)[C@H]21. The Hall–Kier alpha value is -2.67. The number of carbonyl (C=O) groups is 4. The molecule has 4 atom stereocenters. The molecule has 0 unspecified atom stereocenters. The van der Waals surface area contributed by atoms with Gasteiger partial charge in [0.25, 0.3) is 0 Å². The van der Waals surface area contributed by atoms with Gasteiger partial charge in [-0.1, -0.05) is 11.6 Å². The summed E-state index contributed by atoms with van der Waals surface area (Å²) in [6.45, 7) is 4.91. The fraction of sp³-hybridized carbons (Fsp3) is 0.400. The van der Waals surface area contributed by atoms with Crippen molar-refractivity contribution in [2.75, 3.05) is 11.5 Å². The van der Waals surface area contributed by atoms with Gasteiger partial charge in [-0.05, 0) is 50.6 Å². The predicted octanol–water partition coefficient (Wildman–Crippen LogP) is 2.27. The third kappa shape index (κ3) is 2.22. The maximum Gasteiger partial charge on any atom is 0.335 e. The van der Waals surface area contributed by atoms with Gasteiger partial charge in [0, 0.05) is 5.02 Å². The maximum atomic E-state index is 13.3. The Bertz CT molecular complexity index is 952. The van der Waals surface area contributed by atoms with Crippen LogP contribution in [-0.2, 0) is 28.7 Å². The second-order valence-electron chi connectivity index (χ2n) is 7.30. The number of esters is 2. The molecule has 1 aromatic carbocycles. The van der Waals surface area contributed by atoms with Crippen LogP contribution in [0.4, 0.5) is 5.69 Å². The molecular weight excluding hydrogens is 386 g/mol. The Balaban J connectivity index is 1.85. The highest BCUT2D eigenvalue weighted by molar-refractivity contribution is 6.31. The van der Waals surface area contributed by atoms with Gasteiger partial charge < -0.3 is 9.47 Å². The first-order valence-corrected chi connectivity index (χ1v) is 9.34. The first-order valence-electron chi connectivity index (χ1n) is 8.96. The molecule has 3 aliphatic heterocycles. The third-order valence-electron chi connectivity index (χ3n) is 5.86. The van der Waals surface area contributed by atoms with Crippen molar-refractivity contribution in [2.45, 2.75) is 26.9 Å². The summed E-state index contributed by atoms with van der Waals surface area (Å²) in [5.74, 6) is -4.23. The van der Waals surface area contributed by atoms with Gasteiger partial charge in [0.05, 0.1) is 29.7 Å². The van der Waals surface area contributed by atoms with Crippen LogP contribution in [-0.4, -0.2) is 36.5 Å². The number of hydrogen-bond acceptors (Lipinski definition) is 6. The van der Waals surface area contributed by atoms with E-state index in [-0.39, 0.29) is 12.2 Å². The van der Waals surface area contributed by atoms with E-state index >= 15 is 0 Å². The van der Waals surface area contributed by atoms with Crippen LogP contribution in [0.2, 0.25) is 5.02 Å². The van der Waals surface area contributed by atoms with Crippen molar-refractivity contribution in [2.24, 2.45) is 17.3 Å². The number of halogens is 1. The predicted molar refractivity (Wildman–Crippen MR) is 98.2 cm³/mol. The highest BCUT2D eigenvalue weighted by atomic mass is 35.5. The van der Waals surface area contributed by atoms with Gasteiger partial charge in [-0.3, -0.25) is 14.4 Å². The normalized spacial score (nSPS) is 31.2. The molecule has 0 N–H and O–H groups in total. The second-order valence-corrected chi connectivity index (χ2v) is 7.73. The van der Waals surface area contributed by atoms with Crippen molar-refractivity contribution >= 4 is 41.0 Å². The minimum absolute atomic E-state index is 0.121. The van der Waals surface area contributed by atoms with Gasteiger partial charge in [-0.15, -0.1) is 0 Å². The van der Waals surface area contributed by atoms with E-state index in [1.165, 1.54) is 6.92 Å². The smallest absolute Gasteiger partial charge is 0.335 e. The van der Waals surface area contributed by atoms with Crippen LogP contribution in [0.15, 0.2) is 35.4 Å². The molecule has 0 radical (unpaired) electrons. The van der Waals surface area contributed by atoms with Gasteiger partial charge in [0.1, 0.15) is 11.5 Å². The summed E-state index contributed by atoms with van der Waals surface area (Å²) in [7, 11) is 0. The molecule has 146 valence electrons. The Morgan fingerprint density at radius 2 is 1.86 bits per heavy atom. The quantitative estimate of drug-likeness (QED) is 0.568. The van der Waals surface area contributed by atoms with Crippen LogP contribution < -0.4 is 4.90 Å². The lowest BCUT2D eigenvalue weighted by molar-refractivity contribution is -0.184. The van der Waals surface area contributed by atoms with Crippen LogP contribution >= 0.6 is 11.6 Å². The zero-order valence-electron chi connectivity index (χ0n) is 15.5. The van der Waals surface area contributed by atoms with Crippen molar-refractivity contribution in [3.05, 3.63) is 40.4 Å². The molecule has 3 heterocycles. The average molecular weight is 404 g/mol. The summed E-state index contributed by atoms with van der Waals surface area (Å²) in [4.78, 5) is 52.9. The summed E-state index contributed by atoms with van der Waals surface area (Å²) in [6, 6.07) is 6.28. The van der Waals surface area contributed by atoms with E-state index in [4.69, 9.17) is 21.1 Å². The number of ether oxygens (including phenoxy) is 2. The maximum absolute atomic E-state index is 13.3. The van der Waals surface area contributed by atoms with Crippen LogP contribution in [0.1, 0.15) is 20.8 Å². The number of benzene rings is 1. The lowest BCUT2D eigenvalue weighted by Gasteiger charge is -2.48. The van der Waals surface area contributed by atoms with Crippen molar-refractivity contribution in [3.63, 3.8) is 0 Å². The van der Waals surface area contributed by atoms with E-state index in [0.717, 1.165) is 4.90 Å². The number of anilines is 1. The molecule has 4 aliphatic rings. The lowest BCUT2D eigenvalue weighted by atomic mass is 9.57. The topological polar surface area (TPSA) is 90.0 Å². The molecule has 2 fully saturated rings. The van der Waals surface area contributed by atoms with Gasteiger partial charge in [-0.2, -0.15) is 0 Å². The Morgan fingerprint density at radius 3 is 2.46 bits per heavy atom. The number of hydrogen-bond donors (Lipinski definition) is 0. The molecule has 2 saturated heterocycles. The van der Waals surface area contributed by atoms with E-state index in [0.29, 0.717) is 16.3 Å². The number of amides is 2. The Morgan fingerprint density at radius 1 is 1.21 bits per heavy atom. The monoisotopic (exact) mass is 403 g/mol. The van der Waals surface area contributed by atoms with Gasteiger partial charge in [0.2, 0.25) is 11.8 Å². The number of nitrogens with zero attached hydrogens (tertiary/aromatic N) is 1. The summed E-state index contributed by atoms with van der Waals surface area (Å²) in [5.41, 5.74) is -0.639. The molecule has 1 aliphatic carbocycles. The van der Waals surface area contributed by atoms with Crippen molar-refractivity contribution < 1.29 is 28.7 Å². The van der Waals surface area contributed by atoms with E-state index in [2.05, 4.69) is 0 Å². The first kappa shape index (κ1) is 18.7. The summed E-state index contributed by atoms with van der Waals surface area (Å²) >= 11 is 5.90. The molecular formula is C20H18ClNO6. The number of imide groups is 1. The summed E-state index contributed by atoms with van der Waals surface area (Å²) in [6.07, 6.45) is -0.965. The zero-order valence-corrected chi connectivity index (χ0v) is 16.3. The molecule has 0 aromatic heterocycles. The van der Waals surface area contributed by atoms with Crippen LogP contribution in [0.5, 0.6) is 0 Å². The minimum Gasteiger partial charge on any atom is -0.463 e. The molecule has 7 nitrogen and oxygen atoms in total. The fourth-order valence-electron chi connectivity index (χ4n) is 4.63. The lowest BCUT2D eigenvalue weighted by Crippen LogP contribution is -2.60. The molecule has 0 spiro atoms. The zero-order chi connectivity index (χ0) is 20.4. The molecule has 2 bridgehead atoms. The summed E-state index contributed by atoms with van der Waals surface area (Å²) in [5, 5.41) is 0.466. The van der Waals surface area contributed by atoms with Gasteiger partial charge >= 0.3 is 11.9 Å². The first-order chi connectivity index (χ1) is 13.2. The summed E-state index contributed by atoms with van der Waals surface area (Å²) < 4.78 is 10.6. The average Bonchev–Trinajstić information content (AvgIpc) is 2.90. The van der Waals surface area contributed by atoms with E-state index in [9.17, 15) is 19.2 Å². The molecule has 1 aromatic rings. The van der Waals surface area contributed by atoms with E-state index < -0.39 is 47.1 Å². The van der Waals surface area contributed by atoms with Crippen LogP contribution in [0.3, 0.4) is 0 Å². The van der Waals surface area contributed by atoms with Crippen LogP contribution in [0, 0.1) is 17.3 Å². The Labute approximate surface area is 166 Å². The van der Waals surface area contributed by atoms with Crippen LogP contribution in [0.25, 0.3) is 0 Å². The second kappa shape index (κ2) is 6.17. The largest absolute Gasteiger partial charge is 0.463 e. The standard InChI is InChI=1S/C20H18ClNO6/c1-4-27-18(25)13-9(2)15-12-14(20(13,3)19(26)28-15)17(24)22(16(12)23)11-7-5-10(21)6-8-11/h5-8,12,14-15H,4H2,1-3H3/t12-,14+,15+,20+/m0/s1. The third-order valence-corrected chi connectivity index (χ3v) is 6.11. The molecule has 2 amide bonds. The van der Waals surface area contributed by atoms with Gasteiger partial charge in [0.15, 0.2) is 0 Å². The van der Waals surface area contributed by atoms with Gasteiger partial charge in [-0.25, -0.2) is 9.69 Å². The number of carbonyl (C=O) groups excluding carboxylic acids is 4. The number of fused-ring (bicyclic) bond motifs is 1.